The minimum absolute atomic E-state index is 0.156. The summed E-state index contributed by atoms with van der Waals surface area (Å²) in [6.07, 6.45) is 7.78. The molecule has 3 aromatic heterocycles. The van der Waals surface area contributed by atoms with Gasteiger partial charge in [0, 0.05) is 24.2 Å². The Bertz CT molecular complexity index is 597. The molecule has 100 valence electrons. The van der Waals surface area contributed by atoms with Crippen molar-refractivity contribution in [3.63, 3.8) is 0 Å². The molecule has 1 atom stereocenters. The minimum atomic E-state index is 0.156. The Morgan fingerprint density at radius 3 is 3.21 bits per heavy atom. The zero-order chi connectivity index (χ0) is 13.1. The number of rotatable bonds is 6. The molecular formula is C12H16N6S. The van der Waals surface area contributed by atoms with E-state index in [-0.39, 0.29) is 6.04 Å². The lowest BCUT2D eigenvalue weighted by Gasteiger charge is -2.14. The summed E-state index contributed by atoms with van der Waals surface area (Å²) in [4.78, 5) is 5.65. The van der Waals surface area contributed by atoms with Crippen LogP contribution in [0.25, 0.3) is 4.96 Å². The molecule has 3 aromatic rings. The van der Waals surface area contributed by atoms with Crippen molar-refractivity contribution in [2.75, 3.05) is 6.54 Å². The molecule has 6 nitrogen and oxygen atoms in total. The van der Waals surface area contributed by atoms with Gasteiger partial charge in [-0.3, -0.25) is 4.40 Å². The summed E-state index contributed by atoms with van der Waals surface area (Å²) in [5, 5.41) is 16.3. The van der Waals surface area contributed by atoms with Crippen molar-refractivity contribution in [1.29, 1.82) is 0 Å². The maximum atomic E-state index is 4.61. The first kappa shape index (κ1) is 12.3. The fourth-order valence-electron chi connectivity index (χ4n) is 2.06. The van der Waals surface area contributed by atoms with Gasteiger partial charge in [0.1, 0.15) is 0 Å². The highest BCUT2D eigenvalue weighted by atomic mass is 32.1. The van der Waals surface area contributed by atoms with Gasteiger partial charge in [0.25, 0.3) is 0 Å². The number of aromatic amines is 1. The topological polar surface area (TPSA) is 70.9 Å². The van der Waals surface area contributed by atoms with Crippen LogP contribution in [-0.4, -0.2) is 31.3 Å². The van der Waals surface area contributed by atoms with Crippen molar-refractivity contribution >= 4 is 16.3 Å². The molecule has 0 aliphatic carbocycles. The van der Waals surface area contributed by atoms with E-state index in [1.807, 2.05) is 11.6 Å². The van der Waals surface area contributed by atoms with Gasteiger partial charge in [-0.05, 0) is 13.0 Å². The molecule has 1 unspecified atom stereocenters. The first-order valence-electron chi connectivity index (χ1n) is 6.37. The van der Waals surface area contributed by atoms with Gasteiger partial charge in [-0.2, -0.15) is 15.4 Å². The summed E-state index contributed by atoms with van der Waals surface area (Å²) in [5.41, 5.74) is 2.01. The second-order valence-corrected chi connectivity index (χ2v) is 5.30. The third kappa shape index (κ3) is 2.66. The van der Waals surface area contributed by atoms with Crippen LogP contribution in [0.1, 0.15) is 30.8 Å². The van der Waals surface area contributed by atoms with Crippen LogP contribution in [0.2, 0.25) is 0 Å². The van der Waals surface area contributed by atoms with Crippen LogP contribution in [0.3, 0.4) is 0 Å². The average Bonchev–Trinajstić information content (AvgIpc) is 3.09. The van der Waals surface area contributed by atoms with Crippen molar-refractivity contribution in [3.8, 4) is 0 Å². The minimum Gasteiger partial charge on any atom is -0.308 e. The highest BCUT2D eigenvalue weighted by Gasteiger charge is 2.16. The Morgan fingerprint density at radius 1 is 1.53 bits per heavy atom. The SMILES string of the molecule is CCCNC(Cc1cn2ccsc2n1)c1cn[nH]n1. The van der Waals surface area contributed by atoms with Gasteiger partial charge in [0.2, 0.25) is 0 Å². The van der Waals surface area contributed by atoms with Crippen molar-refractivity contribution in [2.45, 2.75) is 25.8 Å². The number of hydrogen-bond donors (Lipinski definition) is 2. The van der Waals surface area contributed by atoms with Gasteiger partial charge in [0.05, 0.1) is 23.6 Å². The fraction of sp³-hybridized carbons (Fsp3) is 0.417. The summed E-state index contributed by atoms with van der Waals surface area (Å²) >= 11 is 1.65. The van der Waals surface area contributed by atoms with Crippen molar-refractivity contribution in [1.82, 2.24) is 30.1 Å². The molecule has 19 heavy (non-hydrogen) atoms. The molecule has 3 rings (SSSR count). The molecule has 0 aliphatic rings. The molecule has 0 radical (unpaired) electrons. The Balaban J connectivity index is 1.78. The van der Waals surface area contributed by atoms with E-state index in [2.05, 4.69) is 43.2 Å². The highest BCUT2D eigenvalue weighted by Crippen LogP contribution is 2.18. The van der Waals surface area contributed by atoms with E-state index in [1.54, 1.807) is 17.5 Å². The Labute approximate surface area is 114 Å². The van der Waals surface area contributed by atoms with E-state index in [0.29, 0.717) is 0 Å². The predicted octanol–water partition coefficient (Wildman–Crippen LogP) is 1.80. The van der Waals surface area contributed by atoms with E-state index in [0.717, 1.165) is 35.7 Å². The highest BCUT2D eigenvalue weighted by molar-refractivity contribution is 7.15. The second kappa shape index (κ2) is 5.50. The van der Waals surface area contributed by atoms with E-state index in [1.165, 1.54) is 0 Å². The lowest BCUT2D eigenvalue weighted by Crippen LogP contribution is -2.24. The van der Waals surface area contributed by atoms with Gasteiger partial charge in [-0.25, -0.2) is 4.98 Å². The number of H-pyrrole nitrogens is 1. The molecule has 2 N–H and O–H groups in total. The number of thiazole rings is 1. The first-order chi connectivity index (χ1) is 9.36. The number of nitrogens with zero attached hydrogens (tertiary/aromatic N) is 4. The lowest BCUT2D eigenvalue weighted by atomic mass is 10.1. The number of nitrogens with one attached hydrogen (secondary N) is 2. The number of imidazole rings is 1. The van der Waals surface area contributed by atoms with Crippen LogP contribution in [0.4, 0.5) is 0 Å². The monoisotopic (exact) mass is 276 g/mol. The largest absolute Gasteiger partial charge is 0.308 e. The maximum Gasteiger partial charge on any atom is 0.193 e. The molecule has 7 heteroatoms. The third-order valence-electron chi connectivity index (χ3n) is 2.99. The molecular weight excluding hydrogens is 260 g/mol. The van der Waals surface area contributed by atoms with Crippen LogP contribution >= 0.6 is 11.3 Å². The fourth-order valence-corrected chi connectivity index (χ4v) is 2.78. The molecule has 0 spiro atoms. The molecule has 0 bridgehead atoms. The first-order valence-corrected chi connectivity index (χ1v) is 7.25. The number of hydrogen-bond acceptors (Lipinski definition) is 5. The Morgan fingerprint density at radius 2 is 2.47 bits per heavy atom. The third-order valence-corrected chi connectivity index (χ3v) is 3.76. The maximum absolute atomic E-state index is 4.61. The summed E-state index contributed by atoms with van der Waals surface area (Å²) in [5.74, 6) is 0. The van der Waals surface area contributed by atoms with Crippen LogP contribution in [0.5, 0.6) is 0 Å². The van der Waals surface area contributed by atoms with Crippen LogP contribution in [0.15, 0.2) is 24.0 Å². The van der Waals surface area contributed by atoms with Gasteiger partial charge in [-0.1, -0.05) is 6.92 Å². The second-order valence-electron chi connectivity index (χ2n) is 4.43. The molecule has 0 amide bonds. The van der Waals surface area contributed by atoms with Crippen molar-refractivity contribution < 1.29 is 0 Å². The van der Waals surface area contributed by atoms with Crippen LogP contribution < -0.4 is 5.32 Å². The number of aromatic nitrogens is 5. The van der Waals surface area contributed by atoms with Gasteiger partial charge < -0.3 is 5.32 Å². The molecule has 0 saturated heterocycles. The van der Waals surface area contributed by atoms with Gasteiger partial charge >= 0.3 is 0 Å². The molecule has 0 saturated carbocycles. The van der Waals surface area contributed by atoms with E-state index in [4.69, 9.17) is 0 Å². The normalized spacial score (nSPS) is 13.1. The summed E-state index contributed by atoms with van der Waals surface area (Å²) in [6, 6.07) is 0.156. The quantitative estimate of drug-likeness (QED) is 0.720. The lowest BCUT2D eigenvalue weighted by molar-refractivity contribution is 0.513. The van der Waals surface area contributed by atoms with Crippen LogP contribution in [-0.2, 0) is 6.42 Å². The zero-order valence-corrected chi connectivity index (χ0v) is 11.5. The van der Waals surface area contributed by atoms with E-state index in [9.17, 15) is 0 Å². The van der Waals surface area contributed by atoms with E-state index < -0.39 is 0 Å². The zero-order valence-electron chi connectivity index (χ0n) is 10.7. The van der Waals surface area contributed by atoms with Crippen LogP contribution in [0, 0.1) is 0 Å². The Kier molecular flexibility index (Phi) is 3.56. The van der Waals surface area contributed by atoms with Gasteiger partial charge in [0.15, 0.2) is 4.96 Å². The average molecular weight is 276 g/mol. The standard InChI is InChI=1S/C12H16N6S/c1-2-3-13-10(11-7-14-17-16-11)6-9-8-18-4-5-19-12(18)15-9/h4-5,7-8,10,13H,2-3,6H2,1H3,(H,14,16,17). The summed E-state index contributed by atoms with van der Waals surface area (Å²) in [7, 11) is 0. The summed E-state index contributed by atoms with van der Waals surface area (Å²) < 4.78 is 2.06. The molecule has 0 aliphatic heterocycles. The van der Waals surface area contributed by atoms with Crippen molar-refractivity contribution in [3.05, 3.63) is 35.4 Å². The Hall–Kier alpha value is -1.73. The van der Waals surface area contributed by atoms with Gasteiger partial charge in [-0.15, -0.1) is 11.3 Å². The van der Waals surface area contributed by atoms with E-state index >= 15 is 0 Å². The molecule has 3 heterocycles. The smallest absolute Gasteiger partial charge is 0.193 e. The summed E-state index contributed by atoms with van der Waals surface area (Å²) in [6.45, 7) is 3.11. The number of fused-ring (bicyclic) bond motifs is 1. The molecule has 0 aromatic carbocycles. The predicted molar refractivity (Wildman–Crippen MR) is 74.2 cm³/mol. The molecule has 0 fully saturated rings. The van der Waals surface area contributed by atoms with Crippen molar-refractivity contribution in [2.24, 2.45) is 0 Å².